The van der Waals surface area contributed by atoms with Crippen molar-refractivity contribution >= 4 is 17.9 Å². The second kappa shape index (κ2) is 8.95. The second-order valence-corrected chi connectivity index (χ2v) is 6.42. The van der Waals surface area contributed by atoms with E-state index in [1.54, 1.807) is 36.4 Å². The van der Waals surface area contributed by atoms with Gasteiger partial charge < -0.3 is 15.6 Å². The Morgan fingerprint density at radius 1 is 1.22 bits per heavy atom. The van der Waals surface area contributed by atoms with Gasteiger partial charge in [-0.25, -0.2) is 10.1 Å². The number of phenols is 1. The molecule has 0 atom stereocenters. The van der Waals surface area contributed by atoms with Gasteiger partial charge in [0.2, 0.25) is 11.6 Å². The Kier molecular flexibility index (Phi) is 5.74. The fourth-order valence-corrected chi connectivity index (χ4v) is 2.83. The number of aromatic nitrogens is 5. The summed E-state index contributed by atoms with van der Waals surface area (Å²) < 4.78 is 11.4. The van der Waals surface area contributed by atoms with Gasteiger partial charge in [0.15, 0.2) is 5.69 Å². The predicted octanol–water partition coefficient (Wildman–Crippen LogP) is 1.77. The van der Waals surface area contributed by atoms with E-state index < -0.39 is 5.91 Å². The summed E-state index contributed by atoms with van der Waals surface area (Å²) in [6.07, 6.45) is 1.43. The molecule has 12 nitrogen and oxygen atoms in total. The fraction of sp³-hybridized carbons (Fsp3) is 0.100. The number of benzene rings is 2. The van der Waals surface area contributed by atoms with E-state index in [1.807, 2.05) is 6.92 Å². The number of phenolic OH excluding ortho intramolecular Hbond substituents is 1. The van der Waals surface area contributed by atoms with Crippen molar-refractivity contribution in [1.82, 2.24) is 30.7 Å². The number of hydrazone groups is 1. The van der Waals surface area contributed by atoms with E-state index in [4.69, 9.17) is 10.5 Å². The molecule has 4 N–H and O–H groups in total. The summed E-state index contributed by atoms with van der Waals surface area (Å²) in [7, 11) is 0. The highest BCUT2D eigenvalue weighted by Gasteiger charge is 2.25. The van der Waals surface area contributed by atoms with Crippen LogP contribution in [0.1, 0.15) is 23.0 Å². The molecule has 2 aromatic carbocycles. The Bertz CT molecular complexity index is 1250. The van der Waals surface area contributed by atoms with Gasteiger partial charge in [0, 0.05) is 5.56 Å². The first-order valence-corrected chi connectivity index (χ1v) is 9.46. The van der Waals surface area contributed by atoms with Crippen LogP contribution in [0.5, 0.6) is 11.5 Å². The third kappa shape index (κ3) is 4.23. The zero-order valence-corrected chi connectivity index (χ0v) is 16.8. The van der Waals surface area contributed by atoms with E-state index in [0.717, 1.165) is 0 Å². The van der Waals surface area contributed by atoms with E-state index in [0.29, 0.717) is 29.2 Å². The van der Waals surface area contributed by atoms with Gasteiger partial charge in [-0.3, -0.25) is 4.79 Å². The highest BCUT2D eigenvalue weighted by atomic mass is 16.6. The Morgan fingerprint density at radius 3 is 2.62 bits per heavy atom. The van der Waals surface area contributed by atoms with Gasteiger partial charge in [-0.05, 0) is 71.3 Å². The summed E-state index contributed by atoms with van der Waals surface area (Å²) in [5.41, 5.74) is 9.80. The molecule has 32 heavy (non-hydrogen) atoms. The lowest BCUT2D eigenvalue weighted by molar-refractivity contribution is 0.0950. The SMILES string of the molecule is CCOc1ccc(-c2c(C(=O)N/N=C\c3ccc(O)cc3)nnn2-c2nonc2N)cc1. The maximum absolute atomic E-state index is 12.8. The molecule has 0 aliphatic heterocycles. The lowest BCUT2D eigenvalue weighted by atomic mass is 10.1. The molecule has 2 heterocycles. The molecule has 4 aromatic rings. The first-order chi connectivity index (χ1) is 15.6. The Balaban J connectivity index is 1.67. The Morgan fingerprint density at radius 2 is 1.97 bits per heavy atom. The van der Waals surface area contributed by atoms with Crippen molar-refractivity contribution in [2.24, 2.45) is 5.10 Å². The minimum absolute atomic E-state index is 0.0144. The average Bonchev–Trinajstić information content (AvgIpc) is 3.42. The molecule has 0 radical (unpaired) electrons. The maximum Gasteiger partial charge on any atom is 0.294 e. The Hall–Kier alpha value is -4.74. The highest BCUT2D eigenvalue weighted by molar-refractivity contribution is 5.98. The van der Waals surface area contributed by atoms with Crippen LogP contribution in [0.4, 0.5) is 5.82 Å². The van der Waals surface area contributed by atoms with Crippen LogP contribution in [-0.2, 0) is 0 Å². The van der Waals surface area contributed by atoms with Crippen LogP contribution in [0, 0.1) is 0 Å². The molecule has 0 bridgehead atoms. The standard InChI is InChI=1S/C20H18N8O4/c1-2-31-15-9-5-13(6-10-15)17-16(23-27-28(17)19-18(21)25-32-26-19)20(30)24-22-11-12-3-7-14(29)8-4-12/h3-11,29H,2H2,1H3,(H2,21,25)(H,24,30)/b22-11-. The van der Waals surface area contributed by atoms with Crippen molar-refractivity contribution in [3.8, 4) is 28.6 Å². The maximum atomic E-state index is 12.8. The van der Waals surface area contributed by atoms with E-state index >= 15 is 0 Å². The molecule has 0 saturated heterocycles. The minimum atomic E-state index is -0.606. The van der Waals surface area contributed by atoms with Crippen molar-refractivity contribution in [1.29, 1.82) is 0 Å². The molecule has 0 spiro atoms. The normalized spacial score (nSPS) is 11.0. The molecule has 0 fully saturated rings. The molecule has 1 amide bonds. The number of ether oxygens (including phenoxy) is 1. The smallest absolute Gasteiger partial charge is 0.294 e. The van der Waals surface area contributed by atoms with Crippen LogP contribution in [0.25, 0.3) is 17.1 Å². The lowest BCUT2D eigenvalue weighted by Crippen LogP contribution is -2.19. The van der Waals surface area contributed by atoms with Crippen molar-refractivity contribution in [3.05, 3.63) is 59.8 Å². The summed E-state index contributed by atoms with van der Waals surface area (Å²) in [5, 5.41) is 28.6. The van der Waals surface area contributed by atoms with Gasteiger partial charge in [0.25, 0.3) is 5.91 Å². The molecule has 2 aromatic heterocycles. The first-order valence-electron chi connectivity index (χ1n) is 9.46. The second-order valence-electron chi connectivity index (χ2n) is 6.42. The number of carbonyl (C=O) groups excluding carboxylic acids is 1. The van der Waals surface area contributed by atoms with Crippen molar-refractivity contribution in [2.75, 3.05) is 12.3 Å². The van der Waals surface area contributed by atoms with E-state index in [9.17, 15) is 9.90 Å². The zero-order valence-electron chi connectivity index (χ0n) is 16.8. The number of amides is 1. The predicted molar refractivity (Wildman–Crippen MR) is 113 cm³/mol. The number of aromatic hydroxyl groups is 1. The molecule has 162 valence electrons. The van der Waals surface area contributed by atoms with E-state index in [2.05, 4.69) is 35.8 Å². The number of nitrogen functional groups attached to an aromatic ring is 1. The Labute approximate surface area is 181 Å². The monoisotopic (exact) mass is 434 g/mol. The molecular weight excluding hydrogens is 416 g/mol. The number of nitrogens with one attached hydrogen (secondary N) is 1. The van der Waals surface area contributed by atoms with Gasteiger partial charge in [-0.1, -0.05) is 5.21 Å². The quantitative estimate of drug-likeness (QED) is 0.290. The summed E-state index contributed by atoms with van der Waals surface area (Å²) in [6.45, 7) is 2.40. The van der Waals surface area contributed by atoms with Gasteiger partial charge in [-0.2, -0.15) is 9.78 Å². The van der Waals surface area contributed by atoms with Gasteiger partial charge in [0.1, 0.15) is 17.2 Å². The number of hydrogen-bond acceptors (Lipinski definition) is 10. The number of hydrogen-bond donors (Lipinski definition) is 3. The molecule has 4 rings (SSSR count). The third-order valence-corrected chi connectivity index (χ3v) is 4.29. The molecule has 0 aliphatic carbocycles. The van der Waals surface area contributed by atoms with Crippen LogP contribution < -0.4 is 15.9 Å². The van der Waals surface area contributed by atoms with Crippen LogP contribution in [0.3, 0.4) is 0 Å². The fourth-order valence-electron chi connectivity index (χ4n) is 2.83. The van der Waals surface area contributed by atoms with Gasteiger partial charge >= 0.3 is 0 Å². The largest absolute Gasteiger partial charge is 0.508 e. The summed E-state index contributed by atoms with van der Waals surface area (Å²) in [6, 6.07) is 13.3. The molecule has 0 aliphatic rings. The molecule has 12 heteroatoms. The van der Waals surface area contributed by atoms with Gasteiger partial charge in [0.05, 0.1) is 12.8 Å². The summed E-state index contributed by atoms with van der Waals surface area (Å²) >= 11 is 0. The van der Waals surface area contributed by atoms with Crippen molar-refractivity contribution in [3.63, 3.8) is 0 Å². The number of nitrogens with zero attached hydrogens (tertiary/aromatic N) is 6. The zero-order chi connectivity index (χ0) is 22.5. The number of anilines is 1. The topological polar surface area (TPSA) is 167 Å². The third-order valence-electron chi connectivity index (χ3n) is 4.29. The molecule has 0 unspecified atom stereocenters. The summed E-state index contributed by atoms with van der Waals surface area (Å²) in [4.78, 5) is 12.8. The molecule has 0 saturated carbocycles. The number of rotatable bonds is 7. The van der Waals surface area contributed by atoms with Crippen LogP contribution >= 0.6 is 0 Å². The van der Waals surface area contributed by atoms with E-state index in [-0.39, 0.29) is 23.1 Å². The summed E-state index contributed by atoms with van der Waals surface area (Å²) in [5.74, 6) is 0.268. The molecular formula is C20H18N8O4. The number of nitrogens with two attached hydrogens (primary N) is 1. The highest BCUT2D eigenvalue weighted by Crippen LogP contribution is 2.28. The van der Waals surface area contributed by atoms with Crippen molar-refractivity contribution in [2.45, 2.75) is 6.92 Å². The van der Waals surface area contributed by atoms with Crippen LogP contribution in [0.2, 0.25) is 0 Å². The number of carbonyl (C=O) groups is 1. The van der Waals surface area contributed by atoms with E-state index in [1.165, 1.54) is 23.0 Å². The minimum Gasteiger partial charge on any atom is -0.508 e. The van der Waals surface area contributed by atoms with Crippen molar-refractivity contribution < 1.29 is 19.3 Å². The average molecular weight is 434 g/mol. The van der Waals surface area contributed by atoms with Crippen LogP contribution in [-0.4, -0.2) is 49.1 Å². The van der Waals surface area contributed by atoms with Crippen LogP contribution in [0.15, 0.2) is 58.3 Å². The lowest BCUT2D eigenvalue weighted by Gasteiger charge is -2.07. The van der Waals surface area contributed by atoms with Gasteiger partial charge in [-0.15, -0.1) is 5.10 Å². The first kappa shape index (κ1) is 20.5.